The lowest BCUT2D eigenvalue weighted by Gasteiger charge is -2.23. The molecule has 5 N–H and O–H groups in total. The molecule has 0 spiro atoms. The average Bonchev–Trinajstić information content (AvgIpc) is 2.71. The van der Waals surface area contributed by atoms with Gasteiger partial charge in [0.05, 0.1) is 13.2 Å². The van der Waals surface area contributed by atoms with E-state index in [0.29, 0.717) is 25.8 Å². The minimum absolute atomic E-state index is 0.295. The standard InChI is InChI=1S/C20H32N4O4/c1-14(22-2)18(25)24-17(13-15-9-5-4-6-10-15)19(26)23-16(20(27)28-3)11-7-8-12-21/h4-6,9-10,14,16-17,22H,7-8,11-13,21H2,1-3H3,(H,23,26)(H,24,25)/t14-,16-,17-/m0/s1. The molecule has 0 aliphatic carbocycles. The van der Waals surface area contributed by atoms with E-state index in [0.717, 1.165) is 12.0 Å². The van der Waals surface area contributed by atoms with Gasteiger partial charge in [-0.3, -0.25) is 9.59 Å². The molecular formula is C20H32N4O4. The summed E-state index contributed by atoms with van der Waals surface area (Å²) in [6.07, 6.45) is 2.16. The fraction of sp³-hybridized carbons (Fsp3) is 0.550. The Labute approximate surface area is 166 Å². The summed E-state index contributed by atoms with van der Waals surface area (Å²) in [6, 6.07) is 7.34. The number of carbonyl (C=O) groups is 3. The van der Waals surface area contributed by atoms with Crippen LogP contribution in [0.4, 0.5) is 0 Å². The molecule has 1 aromatic carbocycles. The van der Waals surface area contributed by atoms with Gasteiger partial charge >= 0.3 is 5.97 Å². The summed E-state index contributed by atoms with van der Waals surface area (Å²) in [5.74, 6) is -1.24. The van der Waals surface area contributed by atoms with Crippen LogP contribution in [0.15, 0.2) is 30.3 Å². The van der Waals surface area contributed by atoms with E-state index in [2.05, 4.69) is 16.0 Å². The van der Waals surface area contributed by atoms with Crippen molar-refractivity contribution in [2.45, 2.75) is 50.7 Å². The summed E-state index contributed by atoms with van der Waals surface area (Å²) < 4.78 is 4.80. The number of ether oxygens (including phenoxy) is 1. The van der Waals surface area contributed by atoms with Gasteiger partial charge in [0.15, 0.2) is 0 Å². The number of likely N-dealkylation sites (N-methyl/N-ethyl adjacent to an activating group) is 1. The number of nitrogens with one attached hydrogen (secondary N) is 3. The molecule has 28 heavy (non-hydrogen) atoms. The van der Waals surface area contributed by atoms with E-state index in [1.165, 1.54) is 7.11 Å². The average molecular weight is 393 g/mol. The Bertz CT molecular complexity index is 624. The molecular weight excluding hydrogens is 360 g/mol. The number of esters is 1. The van der Waals surface area contributed by atoms with Gasteiger partial charge in [0.25, 0.3) is 0 Å². The van der Waals surface area contributed by atoms with Gasteiger partial charge in [0.2, 0.25) is 11.8 Å². The lowest BCUT2D eigenvalue weighted by molar-refractivity contribution is -0.145. The van der Waals surface area contributed by atoms with E-state index in [1.54, 1.807) is 14.0 Å². The highest BCUT2D eigenvalue weighted by Gasteiger charge is 2.28. The highest BCUT2D eigenvalue weighted by molar-refractivity contribution is 5.92. The topological polar surface area (TPSA) is 123 Å². The molecule has 2 amide bonds. The van der Waals surface area contributed by atoms with Gasteiger partial charge in [-0.25, -0.2) is 4.79 Å². The van der Waals surface area contributed by atoms with Gasteiger partial charge in [-0.2, -0.15) is 0 Å². The zero-order valence-corrected chi connectivity index (χ0v) is 16.9. The van der Waals surface area contributed by atoms with Crippen LogP contribution >= 0.6 is 0 Å². The van der Waals surface area contributed by atoms with Gasteiger partial charge in [-0.1, -0.05) is 30.3 Å². The van der Waals surface area contributed by atoms with E-state index in [1.807, 2.05) is 30.3 Å². The number of rotatable bonds is 12. The Morgan fingerprint density at radius 3 is 2.25 bits per heavy atom. The van der Waals surface area contributed by atoms with Crippen molar-refractivity contribution in [3.8, 4) is 0 Å². The Morgan fingerprint density at radius 2 is 1.68 bits per heavy atom. The minimum Gasteiger partial charge on any atom is -0.467 e. The number of unbranched alkanes of at least 4 members (excludes halogenated alkanes) is 1. The molecule has 0 aromatic heterocycles. The molecule has 0 saturated heterocycles. The van der Waals surface area contributed by atoms with Crippen LogP contribution in [-0.2, 0) is 25.5 Å². The predicted molar refractivity (Wildman–Crippen MR) is 107 cm³/mol. The molecule has 0 fully saturated rings. The summed E-state index contributed by atoms with van der Waals surface area (Å²) in [5.41, 5.74) is 6.40. The van der Waals surface area contributed by atoms with Crippen molar-refractivity contribution in [3.63, 3.8) is 0 Å². The Balaban J connectivity index is 2.90. The summed E-state index contributed by atoms with van der Waals surface area (Å²) in [5, 5.41) is 8.33. The van der Waals surface area contributed by atoms with Crippen molar-refractivity contribution < 1.29 is 19.1 Å². The van der Waals surface area contributed by atoms with Crippen molar-refractivity contribution in [2.75, 3.05) is 20.7 Å². The fourth-order valence-corrected chi connectivity index (χ4v) is 2.64. The lowest BCUT2D eigenvalue weighted by Crippen LogP contribution is -2.55. The smallest absolute Gasteiger partial charge is 0.328 e. The monoisotopic (exact) mass is 392 g/mol. The van der Waals surface area contributed by atoms with Crippen molar-refractivity contribution in [1.82, 2.24) is 16.0 Å². The summed E-state index contributed by atoms with van der Waals surface area (Å²) >= 11 is 0. The lowest BCUT2D eigenvalue weighted by atomic mass is 10.0. The van der Waals surface area contributed by atoms with Crippen LogP contribution < -0.4 is 21.7 Å². The fourth-order valence-electron chi connectivity index (χ4n) is 2.64. The number of nitrogens with two attached hydrogens (primary N) is 1. The van der Waals surface area contributed by atoms with Gasteiger partial charge < -0.3 is 26.4 Å². The summed E-state index contributed by atoms with van der Waals surface area (Å²) in [6.45, 7) is 2.22. The van der Waals surface area contributed by atoms with Crippen LogP contribution in [-0.4, -0.2) is 56.6 Å². The molecule has 8 nitrogen and oxygen atoms in total. The maximum atomic E-state index is 12.9. The highest BCUT2D eigenvalue weighted by atomic mass is 16.5. The van der Waals surface area contributed by atoms with Crippen LogP contribution in [0.3, 0.4) is 0 Å². The summed E-state index contributed by atoms with van der Waals surface area (Å²) in [4.78, 5) is 37.2. The number of benzene rings is 1. The first-order valence-corrected chi connectivity index (χ1v) is 9.52. The molecule has 1 rings (SSSR count). The van der Waals surface area contributed by atoms with Crippen molar-refractivity contribution in [1.29, 1.82) is 0 Å². The third-order valence-corrected chi connectivity index (χ3v) is 4.49. The second-order valence-electron chi connectivity index (χ2n) is 6.63. The first-order valence-electron chi connectivity index (χ1n) is 9.52. The van der Waals surface area contributed by atoms with Gasteiger partial charge in [0.1, 0.15) is 12.1 Å². The third-order valence-electron chi connectivity index (χ3n) is 4.49. The molecule has 0 saturated carbocycles. The van der Waals surface area contributed by atoms with E-state index < -0.39 is 30.0 Å². The highest BCUT2D eigenvalue weighted by Crippen LogP contribution is 2.07. The zero-order valence-electron chi connectivity index (χ0n) is 16.9. The number of amides is 2. The van der Waals surface area contributed by atoms with E-state index in [4.69, 9.17) is 10.5 Å². The molecule has 3 atom stereocenters. The van der Waals surface area contributed by atoms with Crippen LogP contribution in [0.5, 0.6) is 0 Å². The van der Waals surface area contributed by atoms with E-state index in [-0.39, 0.29) is 5.91 Å². The first-order chi connectivity index (χ1) is 13.4. The molecule has 0 unspecified atom stereocenters. The van der Waals surface area contributed by atoms with Gasteiger partial charge in [0, 0.05) is 6.42 Å². The molecule has 0 aliphatic rings. The SMILES string of the molecule is CN[C@@H](C)C(=O)N[C@@H](Cc1ccccc1)C(=O)N[C@@H](CCCCN)C(=O)OC. The first kappa shape index (κ1) is 23.6. The van der Waals surface area contributed by atoms with Crippen molar-refractivity contribution in [3.05, 3.63) is 35.9 Å². The molecule has 0 heterocycles. The molecule has 0 aliphatic heterocycles. The van der Waals surface area contributed by atoms with E-state index >= 15 is 0 Å². The maximum Gasteiger partial charge on any atom is 0.328 e. The molecule has 8 heteroatoms. The molecule has 0 radical (unpaired) electrons. The Kier molecular flexibility index (Phi) is 10.8. The van der Waals surface area contributed by atoms with Crippen LogP contribution in [0.25, 0.3) is 0 Å². The number of hydrogen-bond acceptors (Lipinski definition) is 6. The Hall–Kier alpha value is -2.45. The quantitative estimate of drug-likeness (QED) is 0.296. The zero-order chi connectivity index (χ0) is 20.9. The molecule has 156 valence electrons. The second-order valence-corrected chi connectivity index (χ2v) is 6.63. The predicted octanol–water partition coefficient (Wildman–Crippen LogP) is 0.109. The second kappa shape index (κ2) is 12.9. The van der Waals surface area contributed by atoms with Gasteiger partial charge in [-0.15, -0.1) is 0 Å². The maximum absolute atomic E-state index is 12.9. The van der Waals surface area contributed by atoms with E-state index in [9.17, 15) is 14.4 Å². The normalized spacial score (nSPS) is 13.9. The largest absolute Gasteiger partial charge is 0.467 e. The number of methoxy groups -OCH3 is 1. The minimum atomic E-state index is -0.813. The number of hydrogen-bond donors (Lipinski definition) is 4. The molecule has 0 bridgehead atoms. The number of carbonyl (C=O) groups excluding carboxylic acids is 3. The summed E-state index contributed by atoms with van der Waals surface area (Å²) in [7, 11) is 2.95. The van der Waals surface area contributed by atoms with Crippen LogP contribution in [0, 0.1) is 0 Å². The van der Waals surface area contributed by atoms with Crippen molar-refractivity contribution >= 4 is 17.8 Å². The molecule has 1 aromatic rings. The third kappa shape index (κ3) is 8.06. The van der Waals surface area contributed by atoms with Crippen molar-refractivity contribution in [2.24, 2.45) is 5.73 Å². The van der Waals surface area contributed by atoms with Gasteiger partial charge in [-0.05, 0) is 45.3 Å². The van der Waals surface area contributed by atoms with Crippen LogP contribution in [0.2, 0.25) is 0 Å². The van der Waals surface area contributed by atoms with Crippen LogP contribution in [0.1, 0.15) is 31.7 Å². The Morgan fingerprint density at radius 1 is 1.04 bits per heavy atom.